The van der Waals surface area contributed by atoms with Crippen LogP contribution >= 0.6 is 23.4 Å². The Balaban J connectivity index is 1.99. The van der Waals surface area contributed by atoms with Gasteiger partial charge in [-0.15, -0.1) is 0 Å². The Kier molecular flexibility index (Phi) is 4.23. The molecule has 0 aliphatic heterocycles. The van der Waals surface area contributed by atoms with Crippen LogP contribution < -0.4 is 5.32 Å². The van der Waals surface area contributed by atoms with Crippen molar-refractivity contribution in [1.82, 2.24) is 15.3 Å². The smallest absolute Gasteiger partial charge is 0.271 e. The number of thioether (sulfide) groups is 1. The SMILES string of the molecule is CSC1CCCC1NC(=O)c1cnc(Cl)cn1. The predicted molar refractivity (Wildman–Crippen MR) is 69.5 cm³/mol. The van der Waals surface area contributed by atoms with Crippen LogP contribution in [0.1, 0.15) is 29.8 Å². The largest absolute Gasteiger partial charge is 0.347 e. The number of carbonyl (C=O) groups excluding carboxylic acids is 1. The van der Waals surface area contributed by atoms with E-state index in [1.54, 1.807) is 0 Å². The van der Waals surface area contributed by atoms with E-state index in [0.29, 0.717) is 16.1 Å². The van der Waals surface area contributed by atoms with Crippen LogP contribution in [0.3, 0.4) is 0 Å². The van der Waals surface area contributed by atoms with Crippen molar-refractivity contribution in [3.05, 3.63) is 23.2 Å². The van der Waals surface area contributed by atoms with E-state index in [-0.39, 0.29) is 11.9 Å². The molecule has 1 aromatic rings. The van der Waals surface area contributed by atoms with Gasteiger partial charge in [0.15, 0.2) is 0 Å². The minimum absolute atomic E-state index is 0.167. The molecular formula is C11H14ClN3OS. The highest BCUT2D eigenvalue weighted by Gasteiger charge is 2.28. The second-order valence-electron chi connectivity index (χ2n) is 4.01. The first kappa shape index (κ1) is 12.6. The maximum atomic E-state index is 11.9. The normalized spacial score (nSPS) is 23.6. The molecule has 1 aliphatic rings. The van der Waals surface area contributed by atoms with Gasteiger partial charge in [0.25, 0.3) is 5.91 Å². The molecule has 1 aliphatic carbocycles. The number of rotatable bonds is 3. The van der Waals surface area contributed by atoms with Crippen molar-refractivity contribution in [2.45, 2.75) is 30.6 Å². The van der Waals surface area contributed by atoms with Gasteiger partial charge in [-0.25, -0.2) is 9.97 Å². The Morgan fingerprint density at radius 3 is 2.94 bits per heavy atom. The Morgan fingerprint density at radius 1 is 1.47 bits per heavy atom. The quantitative estimate of drug-likeness (QED) is 0.915. The van der Waals surface area contributed by atoms with Crippen LogP contribution in [0.5, 0.6) is 0 Å². The third kappa shape index (κ3) is 3.10. The lowest BCUT2D eigenvalue weighted by Gasteiger charge is -2.18. The van der Waals surface area contributed by atoms with E-state index in [9.17, 15) is 4.79 Å². The van der Waals surface area contributed by atoms with Crippen LogP contribution in [0.15, 0.2) is 12.4 Å². The third-order valence-corrected chi connectivity index (χ3v) is 4.29. The molecule has 17 heavy (non-hydrogen) atoms. The van der Waals surface area contributed by atoms with Crippen LogP contribution in [0, 0.1) is 0 Å². The average Bonchev–Trinajstić information content (AvgIpc) is 2.77. The lowest BCUT2D eigenvalue weighted by molar-refractivity contribution is 0.0933. The molecule has 92 valence electrons. The second-order valence-corrected chi connectivity index (χ2v) is 5.47. The molecule has 1 amide bonds. The highest BCUT2D eigenvalue weighted by molar-refractivity contribution is 7.99. The standard InChI is InChI=1S/C11H14ClN3OS/c1-17-9-4-2-3-7(9)15-11(16)8-5-14-10(12)6-13-8/h5-7,9H,2-4H2,1H3,(H,15,16). The molecule has 1 saturated carbocycles. The minimum Gasteiger partial charge on any atom is -0.347 e. The summed E-state index contributed by atoms with van der Waals surface area (Å²) < 4.78 is 0. The Bertz CT molecular complexity index is 398. The van der Waals surface area contributed by atoms with Crippen molar-refractivity contribution in [1.29, 1.82) is 0 Å². The Hall–Kier alpha value is -0.810. The number of hydrogen-bond donors (Lipinski definition) is 1. The van der Waals surface area contributed by atoms with E-state index in [2.05, 4.69) is 21.5 Å². The summed E-state index contributed by atoms with van der Waals surface area (Å²) in [6, 6.07) is 0.245. The number of hydrogen-bond acceptors (Lipinski definition) is 4. The van der Waals surface area contributed by atoms with Crippen molar-refractivity contribution in [2.75, 3.05) is 6.26 Å². The van der Waals surface area contributed by atoms with Crippen molar-refractivity contribution in [3.63, 3.8) is 0 Å². The van der Waals surface area contributed by atoms with E-state index in [1.165, 1.54) is 25.2 Å². The van der Waals surface area contributed by atoms with E-state index in [4.69, 9.17) is 11.6 Å². The fraction of sp³-hybridized carbons (Fsp3) is 0.545. The summed E-state index contributed by atoms with van der Waals surface area (Å²) in [7, 11) is 0. The highest BCUT2D eigenvalue weighted by Crippen LogP contribution is 2.28. The molecule has 0 aromatic carbocycles. The van der Waals surface area contributed by atoms with Gasteiger partial charge in [0.2, 0.25) is 0 Å². The molecule has 1 aromatic heterocycles. The summed E-state index contributed by atoms with van der Waals surface area (Å²) in [6.07, 6.45) is 8.24. The highest BCUT2D eigenvalue weighted by atomic mass is 35.5. The van der Waals surface area contributed by atoms with E-state index in [0.717, 1.165) is 6.42 Å². The molecule has 0 radical (unpaired) electrons. The fourth-order valence-corrected chi connectivity index (χ4v) is 3.08. The fourth-order valence-electron chi connectivity index (χ4n) is 2.05. The van der Waals surface area contributed by atoms with Gasteiger partial charge in [0, 0.05) is 11.3 Å². The van der Waals surface area contributed by atoms with Gasteiger partial charge in [-0.1, -0.05) is 18.0 Å². The molecule has 0 bridgehead atoms. The number of nitrogens with one attached hydrogen (secondary N) is 1. The van der Waals surface area contributed by atoms with E-state index >= 15 is 0 Å². The van der Waals surface area contributed by atoms with Gasteiger partial charge in [0.05, 0.1) is 12.4 Å². The summed E-state index contributed by atoms with van der Waals surface area (Å²) in [5.74, 6) is -0.167. The molecule has 1 fully saturated rings. The van der Waals surface area contributed by atoms with Crippen LogP contribution in [0.4, 0.5) is 0 Å². The second kappa shape index (κ2) is 5.69. The molecule has 0 saturated heterocycles. The van der Waals surface area contributed by atoms with Crippen LogP contribution in [0.2, 0.25) is 5.15 Å². The van der Waals surface area contributed by atoms with Crippen molar-refractivity contribution < 1.29 is 4.79 Å². The predicted octanol–water partition coefficient (Wildman–Crippen LogP) is 2.14. The summed E-state index contributed by atoms with van der Waals surface area (Å²) >= 11 is 7.43. The Morgan fingerprint density at radius 2 is 2.29 bits per heavy atom. The van der Waals surface area contributed by atoms with Crippen molar-refractivity contribution in [3.8, 4) is 0 Å². The average molecular weight is 272 g/mol. The zero-order valence-electron chi connectivity index (χ0n) is 9.52. The van der Waals surface area contributed by atoms with Gasteiger partial charge >= 0.3 is 0 Å². The van der Waals surface area contributed by atoms with Gasteiger partial charge in [-0.2, -0.15) is 11.8 Å². The lowest BCUT2D eigenvalue weighted by atomic mass is 10.2. The first-order valence-electron chi connectivity index (χ1n) is 5.52. The summed E-state index contributed by atoms with van der Waals surface area (Å²) in [6.45, 7) is 0. The lowest BCUT2D eigenvalue weighted by Crippen LogP contribution is -2.39. The van der Waals surface area contributed by atoms with Crippen LogP contribution in [-0.4, -0.2) is 33.4 Å². The molecule has 0 spiro atoms. The molecule has 6 heteroatoms. The molecule has 2 atom stereocenters. The van der Waals surface area contributed by atoms with Crippen molar-refractivity contribution in [2.24, 2.45) is 0 Å². The molecule has 4 nitrogen and oxygen atoms in total. The van der Waals surface area contributed by atoms with E-state index in [1.807, 2.05) is 11.8 Å². The maximum Gasteiger partial charge on any atom is 0.271 e. The number of amides is 1. The van der Waals surface area contributed by atoms with Gasteiger partial charge < -0.3 is 5.32 Å². The minimum atomic E-state index is -0.167. The number of nitrogens with zero attached hydrogens (tertiary/aromatic N) is 2. The molecule has 2 unspecified atom stereocenters. The molecule has 1 N–H and O–H groups in total. The van der Waals surface area contributed by atoms with Gasteiger partial charge in [-0.3, -0.25) is 4.79 Å². The summed E-state index contributed by atoms with van der Waals surface area (Å²) in [5.41, 5.74) is 0.321. The van der Waals surface area contributed by atoms with Crippen LogP contribution in [-0.2, 0) is 0 Å². The summed E-state index contributed by atoms with van der Waals surface area (Å²) in [5, 5.41) is 3.82. The summed E-state index contributed by atoms with van der Waals surface area (Å²) in [4.78, 5) is 19.7. The molecular weight excluding hydrogens is 258 g/mol. The number of carbonyl (C=O) groups is 1. The zero-order chi connectivity index (χ0) is 12.3. The first-order valence-corrected chi connectivity index (χ1v) is 7.18. The van der Waals surface area contributed by atoms with Crippen molar-refractivity contribution >= 4 is 29.3 Å². The van der Waals surface area contributed by atoms with Gasteiger partial charge in [-0.05, 0) is 19.1 Å². The monoisotopic (exact) mass is 271 g/mol. The Labute approximate surface area is 110 Å². The zero-order valence-corrected chi connectivity index (χ0v) is 11.1. The topological polar surface area (TPSA) is 54.9 Å². The maximum absolute atomic E-state index is 11.9. The molecule has 1 heterocycles. The molecule has 2 rings (SSSR count). The first-order chi connectivity index (χ1) is 8.20. The van der Waals surface area contributed by atoms with E-state index < -0.39 is 0 Å². The number of aromatic nitrogens is 2. The van der Waals surface area contributed by atoms with Gasteiger partial charge in [0.1, 0.15) is 10.8 Å². The van der Waals surface area contributed by atoms with Crippen LogP contribution in [0.25, 0.3) is 0 Å². The third-order valence-electron chi connectivity index (χ3n) is 2.92. The number of halogens is 1.